The lowest BCUT2D eigenvalue weighted by molar-refractivity contribution is 0.249. The van der Waals surface area contributed by atoms with Crippen LogP contribution in [-0.2, 0) is 0 Å². The SMILES string of the molecule is CC(C)[C@@H](CO)Nc1cc(N)ncn1. The van der Waals surface area contributed by atoms with Crippen molar-refractivity contribution in [1.29, 1.82) is 0 Å². The molecule has 78 valence electrons. The second-order valence-electron chi connectivity index (χ2n) is 3.51. The van der Waals surface area contributed by atoms with E-state index in [0.29, 0.717) is 17.6 Å². The van der Waals surface area contributed by atoms with Crippen LogP contribution in [0.5, 0.6) is 0 Å². The predicted octanol–water partition coefficient (Wildman–Crippen LogP) is 0.488. The molecule has 0 bridgehead atoms. The van der Waals surface area contributed by atoms with Crippen LogP contribution in [0.25, 0.3) is 0 Å². The molecule has 1 aromatic rings. The normalized spacial score (nSPS) is 12.9. The van der Waals surface area contributed by atoms with Crippen LogP contribution >= 0.6 is 0 Å². The zero-order valence-corrected chi connectivity index (χ0v) is 8.44. The van der Waals surface area contributed by atoms with Crippen molar-refractivity contribution in [1.82, 2.24) is 9.97 Å². The quantitative estimate of drug-likeness (QED) is 0.652. The number of rotatable bonds is 4. The number of hydrogen-bond acceptors (Lipinski definition) is 5. The predicted molar refractivity (Wildman–Crippen MR) is 55.8 cm³/mol. The third-order valence-electron chi connectivity index (χ3n) is 2.02. The van der Waals surface area contributed by atoms with E-state index in [1.807, 2.05) is 13.8 Å². The number of nitrogens with zero attached hydrogens (tertiary/aromatic N) is 2. The number of nitrogen functional groups attached to an aromatic ring is 1. The van der Waals surface area contributed by atoms with Crippen LogP contribution in [0.2, 0.25) is 0 Å². The maximum absolute atomic E-state index is 9.09. The zero-order valence-electron chi connectivity index (χ0n) is 8.44. The minimum Gasteiger partial charge on any atom is -0.394 e. The van der Waals surface area contributed by atoms with Gasteiger partial charge in [0.2, 0.25) is 0 Å². The van der Waals surface area contributed by atoms with Gasteiger partial charge < -0.3 is 16.2 Å². The maximum atomic E-state index is 9.09. The number of hydrogen-bond donors (Lipinski definition) is 3. The molecule has 1 rings (SSSR count). The summed E-state index contributed by atoms with van der Waals surface area (Å²) in [5.74, 6) is 1.39. The van der Waals surface area contributed by atoms with E-state index in [1.54, 1.807) is 6.07 Å². The fourth-order valence-corrected chi connectivity index (χ4v) is 1.06. The Morgan fingerprint density at radius 1 is 1.50 bits per heavy atom. The summed E-state index contributed by atoms with van der Waals surface area (Å²) in [6.45, 7) is 4.12. The lowest BCUT2D eigenvalue weighted by Gasteiger charge is -2.20. The molecular weight excluding hydrogens is 180 g/mol. The van der Waals surface area contributed by atoms with E-state index in [2.05, 4.69) is 15.3 Å². The van der Waals surface area contributed by atoms with E-state index < -0.39 is 0 Å². The molecule has 0 radical (unpaired) electrons. The fraction of sp³-hybridized carbons (Fsp3) is 0.556. The van der Waals surface area contributed by atoms with Crippen LogP contribution in [0.3, 0.4) is 0 Å². The van der Waals surface area contributed by atoms with Gasteiger partial charge in [0.05, 0.1) is 12.6 Å². The summed E-state index contributed by atoms with van der Waals surface area (Å²) in [5.41, 5.74) is 5.50. The Morgan fingerprint density at radius 3 is 2.71 bits per heavy atom. The van der Waals surface area contributed by atoms with Crippen molar-refractivity contribution < 1.29 is 5.11 Å². The molecule has 0 fully saturated rings. The Hall–Kier alpha value is -1.36. The van der Waals surface area contributed by atoms with E-state index in [0.717, 1.165) is 0 Å². The molecule has 0 saturated carbocycles. The third kappa shape index (κ3) is 2.85. The van der Waals surface area contributed by atoms with Crippen molar-refractivity contribution >= 4 is 11.6 Å². The number of anilines is 2. The van der Waals surface area contributed by atoms with Crippen LogP contribution in [-0.4, -0.2) is 27.7 Å². The highest BCUT2D eigenvalue weighted by Crippen LogP contribution is 2.10. The molecule has 0 aliphatic heterocycles. The average molecular weight is 196 g/mol. The summed E-state index contributed by atoms with van der Waals surface area (Å²) in [7, 11) is 0. The molecule has 0 aliphatic rings. The highest BCUT2D eigenvalue weighted by Gasteiger charge is 2.12. The minimum atomic E-state index is -0.00991. The highest BCUT2D eigenvalue weighted by molar-refractivity contribution is 5.43. The van der Waals surface area contributed by atoms with Gasteiger partial charge in [-0.05, 0) is 5.92 Å². The van der Waals surface area contributed by atoms with Crippen molar-refractivity contribution in [2.75, 3.05) is 17.7 Å². The topological polar surface area (TPSA) is 84.1 Å². The molecule has 1 atom stereocenters. The molecule has 0 aliphatic carbocycles. The number of aliphatic hydroxyl groups excluding tert-OH is 1. The summed E-state index contributed by atoms with van der Waals surface area (Å²) >= 11 is 0. The van der Waals surface area contributed by atoms with Crippen LogP contribution in [0.4, 0.5) is 11.6 Å². The Bertz CT molecular complexity index is 290. The summed E-state index contributed by atoms with van der Waals surface area (Å²) < 4.78 is 0. The highest BCUT2D eigenvalue weighted by atomic mass is 16.3. The van der Waals surface area contributed by atoms with Gasteiger partial charge in [0.1, 0.15) is 18.0 Å². The van der Waals surface area contributed by atoms with Gasteiger partial charge in [-0.3, -0.25) is 0 Å². The van der Waals surface area contributed by atoms with Crippen LogP contribution < -0.4 is 11.1 Å². The first kappa shape index (κ1) is 10.7. The lowest BCUT2D eigenvalue weighted by atomic mass is 10.1. The molecule has 0 unspecified atom stereocenters. The first-order valence-corrected chi connectivity index (χ1v) is 4.58. The zero-order chi connectivity index (χ0) is 10.6. The maximum Gasteiger partial charge on any atom is 0.131 e. The van der Waals surface area contributed by atoms with E-state index in [-0.39, 0.29) is 12.6 Å². The second kappa shape index (κ2) is 4.76. The van der Waals surface area contributed by atoms with Crippen molar-refractivity contribution in [3.8, 4) is 0 Å². The summed E-state index contributed by atoms with van der Waals surface area (Å²) in [6, 6.07) is 1.63. The monoisotopic (exact) mass is 196 g/mol. The molecule has 5 nitrogen and oxygen atoms in total. The number of aliphatic hydroxyl groups is 1. The molecule has 0 amide bonds. The Labute approximate surface area is 83.4 Å². The summed E-state index contributed by atoms with van der Waals surface area (Å²) in [4.78, 5) is 7.78. The molecule has 1 heterocycles. The number of nitrogens with one attached hydrogen (secondary N) is 1. The third-order valence-corrected chi connectivity index (χ3v) is 2.02. The molecule has 1 aromatic heterocycles. The molecule has 14 heavy (non-hydrogen) atoms. The van der Waals surface area contributed by atoms with Gasteiger partial charge in [-0.15, -0.1) is 0 Å². The smallest absolute Gasteiger partial charge is 0.131 e. The van der Waals surface area contributed by atoms with E-state index >= 15 is 0 Å². The molecule has 5 heteroatoms. The summed E-state index contributed by atoms with van der Waals surface area (Å²) in [6.07, 6.45) is 1.40. The van der Waals surface area contributed by atoms with Crippen LogP contribution in [0.15, 0.2) is 12.4 Å². The van der Waals surface area contributed by atoms with E-state index in [4.69, 9.17) is 10.8 Å². The van der Waals surface area contributed by atoms with Crippen molar-refractivity contribution in [2.45, 2.75) is 19.9 Å². The molecule has 0 aromatic carbocycles. The van der Waals surface area contributed by atoms with Crippen molar-refractivity contribution in [3.63, 3.8) is 0 Å². The lowest BCUT2D eigenvalue weighted by Crippen LogP contribution is -2.29. The van der Waals surface area contributed by atoms with Gasteiger partial charge in [-0.25, -0.2) is 9.97 Å². The first-order valence-electron chi connectivity index (χ1n) is 4.58. The van der Waals surface area contributed by atoms with Gasteiger partial charge in [0, 0.05) is 6.07 Å². The first-order chi connectivity index (χ1) is 6.63. The van der Waals surface area contributed by atoms with Crippen molar-refractivity contribution in [2.24, 2.45) is 5.92 Å². The molecule has 0 saturated heterocycles. The van der Waals surface area contributed by atoms with Gasteiger partial charge in [-0.1, -0.05) is 13.8 Å². The molecule has 4 N–H and O–H groups in total. The van der Waals surface area contributed by atoms with Gasteiger partial charge in [0.25, 0.3) is 0 Å². The van der Waals surface area contributed by atoms with Gasteiger partial charge >= 0.3 is 0 Å². The Balaban J connectivity index is 2.67. The molecule has 0 spiro atoms. The largest absolute Gasteiger partial charge is 0.394 e. The summed E-state index contributed by atoms with van der Waals surface area (Å²) in [5, 5.41) is 12.2. The minimum absolute atomic E-state index is 0.00991. The standard InChI is InChI=1S/C9H16N4O/c1-6(2)7(4-14)13-9-3-8(10)11-5-12-9/h3,5-7,14H,4H2,1-2H3,(H3,10,11,12,13)/t7-/m1/s1. The van der Waals surface area contributed by atoms with E-state index in [9.17, 15) is 0 Å². The Kier molecular flexibility index (Phi) is 3.64. The van der Waals surface area contributed by atoms with Gasteiger partial charge in [-0.2, -0.15) is 0 Å². The van der Waals surface area contributed by atoms with E-state index in [1.165, 1.54) is 6.33 Å². The van der Waals surface area contributed by atoms with Crippen LogP contribution in [0, 0.1) is 5.92 Å². The van der Waals surface area contributed by atoms with Crippen LogP contribution in [0.1, 0.15) is 13.8 Å². The average Bonchev–Trinajstić information content (AvgIpc) is 2.14. The number of nitrogens with two attached hydrogens (primary N) is 1. The fourth-order valence-electron chi connectivity index (χ4n) is 1.06. The molecular formula is C9H16N4O. The Morgan fingerprint density at radius 2 is 2.21 bits per heavy atom. The van der Waals surface area contributed by atoms with Gasteiger partial charge in [0.15, 0.2) is 0 Å². The number of aromatic nitrogens is 2. The second-order valence-corrected chi connectivity index (χ2v) is 3.51. The van der Waals surface area contributed by atoms with Crippen molar-refractivity contribution in [3.05, 3.63) is 12.4 Å².